The van der Waals surface area contributed by atoms with Crippen LogP contribution in [0.25, 0.3) is 0 Å². The van der Waals surface area contributed by atoms with Gasteiger partial charge in [-0.3, -0.25) is 14.4 Å². The third-order valence-corrected chi connectivity index (χ3v) is 5.83. The summed E-state index contributed by atoms with van der Waals surface area (Å²) in [6, 6.07) is 21.5. The highest BCUT2D eigenvalue weighted by Gasteiger charge is 2.33. The van der Waals surface area contributed by atoms with Crippen LogP contribution in [0.4, 0.5) is 22.9 Å². The lowest BCUT2D eigenvalue weighted by Gasteiger charge is -2.25. The van der Waals surface area contributed by atoms with Gasteiger partial charge in [-0.25, -0.2) is 4.79 Å². The minimum atomic E-state index is -0.973. The van der Waals surface area contributed by atoms with Crippen molar-refractivity contribution in [1.29, 1.82) is 0 Å². The summed E-state index contributed by atoms with van der Waals surface area (Å²) in [6.45, 7) is 0.396. The van der Waals surface area contributed by atoms with Crippen molar-refractivity contribution in [3.05, 3.63) is 101 Å². The summed E-state index contributed by atoms with van der Waals surface area (Å²) in [5.41, 5.74) is 3.75. The summed E-state index contributed by atoms with van der Waals surface area (Å²) < 4.78 is 1.69. The van der Waals surface area contributed by atoms with Crippen LogP contribution < -0.4 is 9.80 Å². The Labute approximate surface area is 195 Å². The Bertz CT molecular complexity index is 1370. The number of fused-ring (bicyclic) bond motifs is 2. The number of carbonyl (C=O) groups is 2. The van der Waals surface area contributed by atoms with Gasteiger partial charge in [-0.2, -0.15) is 5.10 Å². The molecule has 1 aromatic heterocycles. The van der Waals surface area contributed by atoms with E-state index in [4.69, 9.17) is 21.8 Å². The van der Waals surface area contributed by atoms with Crippen LogP contribution in [-0.2, 0) is 6.54 Å². The molecule has 0 unspecified atom stereocenters. The molecule has 0 saturated carbocycles. The van der Waals surface area contributed by atoms with E-state index in [1.54, 1.807) is 52.2 Å². The van der Waals surface area contributed by atoms with Gasteiger partial charge in [0.25, 0.3) is 5.91 Å². The lowest BCUT2D eigenvalue weighted by Crippen LogP contribution is -2.25. The molecular formula is C25H19ClN4O3. The van der Waals surface area contributed by atoms with E-state index in [1.807, 2.05) is 48.3 Å². The van der Waals surface area contributed by atoms with Crippen LogP contribution in [0.1, 0.15) is 26.3 Å². The van der Waals surface area contributed by atoms with Crippen molar-refractivity contribution in [3.8, 4) is 0 Å². The number of aromatic carboxylic acids is 1. The van der Waals surface area contributed by atoms with Gasteiger partial charge in [0, 0.05) is 24.0 Å². The number of halogens is 1. The summed E-state index contributed by atoms with van der Waals surface area (Å²) in [5, 5.41) is 14.3. The third-order valence-electron chi connectivity index (χ3n) is 5.59. The van der Waals surface area contributed by atoms with Gasteiger partial charge in [-0.1, -0.05) is 41.9 Å². The van der Waals surface area contributed by atoms with E-state index in [0.717, 1.165) is 16.9 Å². The molecule has 0 radical (unpaired) electrons. The van der Waals surface area contributed by atoms with Gasteiger partial charge in [-0.05, 0) is 48.0 Å². The Morgan fingerprint density at radius 3 is 2.42 bits per heavy atom. The van der Waals surface area contributed by atoms with Crippen LogP contribution in [0, 0.1) is 0 Å². The minimum Gasteiger partial charge on any atom is -0.478 e. The molecule has 5 rings (SSSR count). The zero-order valence-corrected chi connectivity index (χ0v) is 18.4. The first kappa shape index (κ1) is 20.8. The standard InChI is InChI=1S/C25H19ClN4O3/c1-28-21-12-11-18(26)13-22(21)30(19-5-3-2-4-6-19)24(31)20-15-29(27-23(20)28)14-16-7-9-17(10-8-16)25(32)33/h2-13,15H,14H2,1H3,(H,32,33). The zero-order chi connectivity index (χ0) is 23.1. The van der Waals surface area contributed by atoms with Crippen molar-refractivity contribution in [1.82, 2.24) is 9.78 Å². The maximum Gasteiger partial charge on any atom is 0.335 e. The molecule has 0 bridgehead atoms. The summed E-state index contributed by atoms with van der Waals surface area (Å²) >= 11 is 6.30. The van der Waals surface area contributed by atoms with Crippen molar-refractivity contribution >= 4 is 46.4 Å². The van der Waals surface area contributed by atoms with Gasteiger partial charge in [0.05, 0.1) is 23.5 Å². The Kier molecular flexibility index (Phi) is 5.11. The van der Waals surface area contributed by atoms with E-state index in [-0.39, 0.29) is 11.5 Å². The SMILES string of the molecule is CN1c2ccc(Cl)cc2N(c2ccccc2)C(=O)c2cn(Cc3ccc(C(=O)O)cc3)nc21. The van der Waals surface area contributed by atoms with Crippen molar-refractivity contribution in [2.45, 2.75) is 6.54 Å². The maximum absolute atomic E-state index is 13.8. The van der Waals surface area contributed by atoms with Gasteiger partial charge >= 0.3 is 5.97 Å². The molecule has 0 saturated heterocycles. The molecule has 1 N–H and O–H groups in total. The van der Waals surface area contributed by atoms with Crippen molar-refractivity contribution in [2.24, 2.45) is 0 Å². The van der Waals surface area contributed by atoms with E-state index >= 15 is 0 Å². The number of rotatable bonds is 4. The highest BCUT2D eigenvalue weighted by Crippen LogP contribution is 2.43. The number of carboxylic acid groups (broad SMARTS) is 1. The lowest BCUT2D eigenvalue weighted by molar-refractivity contribution is 0.0696. The molecule has 7 nitrogen and oxygen atoms in total. The van der Waals surface area contributed by atoms with Crippen LogP contribution in [0.2, 0.25) is 5.02 Å². The maximum atomic E-state index is 13.8. The fourth-order valence-electron chi connectivity index (χ4n) is 3.97. The number of para-hydroxylation sites is 1. The molecule has 164 valence electrons. The molecular weight excluding hydrogens is 440 g/mol. The quantitative estimate of drug-likeness (QED) is 0.446. The molecule has 0 fully saturated rings. The number of anilines is 4. The smallest absolute Gasteiger partial charge is 0.335 e. The number of hydrogen-bond acceptors (Lipinski definition) is 4. The average Bonchev–Trinajstić information content (AvgIpc) is 3.21. The second kappa shape index (κ2) is 8.11. The van der Waals surface area contributed by atoms with E-state index < -0.39 is 5.97 Å². The number of hydrogen-bond donors (Lipinski definition) is 1. The van der Waals surface area contributed by atoms with Gasteiger partial charge < -0.3 is 10.0 Å². The Balaban J connectivity index is 1.59. The summed E-state index contributed by atoms with van der Waals surface area (Å²) in [5.74, 6) is -0.653. The molecule has 0 aliphatic carbocycles. The van der Waals surface area contributed by atoms with E-state index in [9.17, 15) is 9.59 Å². The molecule has 1 aliphatic heterocycles. The Morgan fingerprint density at radius 2 is 1.73 bits per heavy atom. The van der Waals surface area contributed by atoms with Crippen LogP contribution in [-0.4, -0.2) is 33.8 Å². The third kappa shape index (κ3) is 3.72. The van der Waals surface area contributed by atoms with Crippen molar-refractivity contribution in [3.63, 3.8) is 0 Å². The average molecular weight is 459 g/mol. The number of amides is 1. The molecule has 0 atom stereocenters. The molecule has 4 aromatic rings. The summed E-state index contributed by atoms with van der Waals surface area (Å²) in [6.07, 6.45) is 1.72. The predicted octanol–water partition coefficient (Wildman–Crippen LogP) is 5.34. The Morgan fingerprint density at radius 1 is 1.00 bits per heavy atom. The first-order valence-corrected chi connectivity index (χ1v) is 10.6. The molecule has 3 aromatic carbocycles. The van der Waals surface area contributed by atoms with E-state index in [0.29, 0.717) is 28.6 Å². The molecule has 0 spiro atoms. The number of benzene rings is 3. The van der Waals surface area contributed by atoms with Gasteiger partial charge in [-0.15, -0.1) is 0 Å². The number of nitrogens with zero attached hydrogens (tertiary/aromatic N) is 4. The fourth-order valence-corrected chi connectivity index (χ4v) is 4.13. The van der Waals surface area contributed by atoms with Crippen LogP contribution >= 0.6 is 11.6 Å². The highest BCUT2D eigenvalue weighted by atomic mass is 35.5. The van der Waals surface area contributed by atoms with Crippen LogP contribution in [0.3, 0.4) is 0 Å². The van der Waals surface area contributed by atoms with Gasteiger partial charge in [0.1, 0.15) is 5.56 Å². The normalized spacial score (nSPS) is 12.8. The largest absolute Gasteiger partial charge is 0.478 e. The van der Waals surface area contributed by atoms with E-state index in [1.165, 1.54) is 0 Å². The first-order valence-electron chi connectivity index (χ1n) is 10.2. The Hall–Kier alpha value is -4.10. The minimum absolute atomic E-state index is 0.212. The van der Waals surface area contributed by atoms with Gasteiger partial charge in [0.2, 0.25) is 0 Å². The predicted molar refractivity (Wildman–Crippen MR) is 127 cm³/mol. The molecule has 33 heavy (non-hydrogen) atoms. The molecule has 1 aliphatic rings. The highest BCUT2D eigenvalue weighted by molar-refractivity contribution is 6.31. The number of carbonyl (C=O) groups excluding carboxylic acids is 1. The summed E-state index contributed by atoms with van der Waals surface area (Å²) in [7, 11) is 1.87. The first-order chi connectivity index (χ1) is 15.9. The van der Waals surface area contributed by atoms with E-state index in [2.05, 4.69) is 0 Å². The fraction of sp³-hybridized carbons (Fsp3) is 0.0800. The molecule has 1 amide bonds. The van der Waals surface area contributed by atoms with Crippen LogP contribution in [0.15, 0.2) is 79.0 Å². The topological polar surface area (TPSA) is 78.7 Å². The molecule has 2 heterocycles. The molecule has 8 heteroatoms. The lowest BCUT2D eigenvalue weighted by atomic mass is 10.1. The van der Waals surface area contributed by atoms with Crippen molar-refractivity contribution < 1.29 is 14.7 Å². The van der Waals surface area contributed by atoms with Crippen LogP contribution in [0.5, 0.6) is 0 Å². The van der Waals surface area contributed by atoms with Gasteiger partial charge in [0.15, 0.2) is 5.82 Å². The van der Waals surface area contributed by atoms with Crippen molar-refractivity contribution in [2.75, 3.05) is 16.8 Å². The number of carboxylic acids is 1. The monoisotopic (exact) mass is 458 g/mol. The number of aromatic nitrogens is 2. The second-order valence-corrected chi connectivity index (χ2v) is 8.17. The summed E-state index contributed by atoms with van der Waals surface area (Å²) in [4.78, 5) is 28.4. The zero-order valence-electron chi connectivity index (χ0n) is 17.6. The second-order valence-electron chi connectivity index (χ2n) is 7.73.